The number of hydrogen-bond donors (Lipinski definition) is 1. The third-order valence-electron chi connectivity index (χ3n) is 4.39. The first-order valence-corrected chi connectivity index (χ1v) is 10.5. The summed E-state index contributed by atoms with van der Waals surface area (Å²) in [5.74, 6) is 1.29. The molecule has 0 bridgehead atoms. The minimum Gasteiger partial charge on any atom is -0.351 e. The molecule has 0 aliphatic heterocycles. The second-order valence-electron chi connectivity index (χ2n) is 6.38. The molecule has 2 heterocycles. The zero-order valence-corrected chi connectivity index (χ0v) is 16.1. The molecule has 1 aliphatic rings. The number of carbonyl (C=O) groups is 1. The van der Waals surface area contributed by atoms with Crippen LogP contribution in [-0.4, -0.2) is 26.4 Å². The maximum absolute atomic E-state index is 12.2. The van der Waals surface area contributed by atoms with E-state index >= 15 is 0 Å². The van der Waals surface area contributed by atoms with Crippen LogP contribution < -0.4 is 5.32 Å². The summed E-state index contributed by atoms with van der Waals surface area (Å²) < 4.78 is 2.20. The van der Waals surface area contributed by atoms with Crippen LogP contribution in [-0.2, 0) is 11.3 Å². The normalized spacial score (nSPS) is 13.7. The van der Waals surface area contributed by atoms with Gasteiger partial charge in [0.25, 0.3) is 0 Å². The third-order valence-corrected chi connectivity index (χ3v) is 6.20. The first-order valence-electron chi connectivity index (χ1n) is 8.65. The van der Waals surface area contributed by atoms with Gasteiger partial charge >= 0.3 is 0 Å². The lowest BCUT2D eigenvalue weighted by Crippen LogP contribution is -2.25. The molecule has 5 nitrogen and oxygen atoms in total. The minimum atomic E-state index is 0.0151. The van der Waals surface area contributed by atoms with Crippen LogP contribution in [0.25, 0.3) is 10.7 Å². The van der Waals surface area contributed by atoms with Gasteiger partial charge in [-0.05, 0) is 42.3 Å². The molecule has 7 heteroatoms. The Bertz CT molecular complexity index is 900. The van der Waals surface area contributed by atoms with E-state index in [-0.39, 0.29) is 5.91 Å². The van der Waals surface area contributed by atoms with Crippen molar-refractivity contribution in [3.05, 3.63) is 52.9 Å². The van der Waals surface area contributed by atoms with E-state index in [1.165, 1.54) is 17.3 Å². The van der Waals surface area contributed by atoms with E-state index < -0.39 is 0 Å². The lowest BCUT2D eigenvalue weighted by Gasteiger charge is -2.09. The van der Waals surface area contributed by atoms with Gasteiger partial charge in [-0.1, -0.05) is 42.1 Å². The van der Waals surface area contributed by atoms with Gasteiger partial charge in [0.2, 0.25) is 5.91 Å². The highest BCUT2D eigenvalue weighted by atomic mass is 32.2. The zero-order chi connectivity index (χ0) is 17.9. The Balaban J connectivity index is 1.39. The fraction of sp³-hybridized carbons (Fsp3) is 0.316. The van der Waals surface area contributed by atoms with Gasteiger partial charge in [0.05, 0.1) is 10.6 Å². The fourth-order valence-electron chi connectivity index (χ4n) is 2.79. The highest BCUT2D eigenvalue weighted by Crippen LogP contribution is 2.41. The van der Waals surface area contributed by atoms with E-state index in [1.807, 2.05) is 29.6 Å². The summed E-state index contributed by atoms with van der Waals surface area (Å²) in [5.41, 5.74) is 2.33. The molecular weight excluding hydrogens is 364 g/mol. The summed E-state index contributed by atoms with van der Waals surface area (Å²) in [7, 11) is 0. The van der Waals surface area contributed by atoms with Crippen molar-refractivity contribution >= 4 is 29.0 Å². The summed E-state index contributed by atoms with van der Waals surface area (Å²) in [4.78, 5) is 13.4. The number of carbonyl (C=O) groups excluding carboxylic acids is 1. The van der Waals surface area contributed by atoms with Crippen molar-refractivity contribution in [3.63, 3.8) is 0 Å². The molecule has 0 radical (unpaired) electrons. The Kier molecular flexibility index (Phi) is 5.08. The van der Waals surface area contributed by atoms with E-state index in [2.05, 4.69) is 39.1 Å². The van der Waals surface area contributed by atoms with Gasteiger partial charge in [-0.2, -0.15) is 0 Å². The zero-order valence-electron chi connectivity index (χ0n) is 14.5. The van der Waals surface area contributed by atoms with Crippen LogP contribution in [0, 0.1) is 6.92 Å². The van der Waals surface area contributed by atoms with Gasteiger partial charge in [0.15, 0.2) is 11.0 Å². The van der Waals surface area contributed by atoms with Crippen LogP contribution in [0.3, 0.4) is 0 Å². The lowest BCUT2D eigenvalue weighted by atomic mass is 10.1. The average Bonchev–Trinajstić information content (AvgIpc) is 3.17. The Morgan fingerprint density at radius 1 is 1.27 bits per heavy atom. The number of aromatic nitrogens is 3. The van der Waals surface area contributed by atoms with Crippen LogP contribution in [0.15, 0.2) is 46.9 Å². The number of benzene rings is 1. The Morgan fingerprint density at radius 2 is 2.12 bits per heavy atom. The summed E-state index contributed by atoms with van der Waals surface area (Å²) in [6.45, 7) is 2.61. The molecule has 1 amide bonds. The monoisotopic (exact) mass is 384 g/mol. The molecular formula is C19H20N4OS2. The number of thiophene rings is 1. The number of hydrogen-bond acceptors (Lipinski definition) is 5. The van der Waals surface area contributed by atoms with Crippen molar-refractivity contribution in [2.24, 2.45) is 0 Å². The van der Waals surface area contributed by atoms with Gasteiger partial charge in [-0.25, -0.2) is 0 Å². The molecule has 26 heavy (non-hydrogen) atoms. The topological polar surface area (TPSA) is 59.8 Å². The van der Waals surface area contributed by atoms with Gasteiger partial charge in [0.1, 0.15) is 0 Å². The SMILES string of the molecule is Cc1ccccc1CNC(=O)CSc1nnc(-c2cccs2)n1C1CC1. The average molecular weight is 385 g/mol. The molecule has 1 aromatic carbocycles. The van der Waals surface area contributed by atoms with Crippen LogP contribution in [0.4, 0.5) is 0 Å². The summed E-state index contributed by atoms with van der Waals surface area (Å²) in [6, 6.07) is 12.7. The predicted molar refractivity (Wildman–Crippen MR) is 105 cm³/mol. The highest BCUT2D eigenvalue weighted by molar-refractivity contribution is 7.99. The largest absolute Gasteiger partial charge is 0.351 e. The molecule has 3 aromatic rings. The minimum absolute atomic E-state index is 0.0151. The Morgan fingerprint density at radius 3 is 2.85 bits per heavy atom. The van der Waals surface area contributed by atoms with Crippen molar-refractivity contribution in [3.8, 4) is 10.7 Å². The standard InChI is InChI=1S/C19H20N4OS2/c1-13-5-2-3-6-14(13)11-20-17(24)12-26-19-22-21-18(16-7-4-10-25-16)23(19)15-8-9-15/h2-7,10,15H,8-9,11-12H2,1H3,(H,20,24). The summed E-state index contributed by atoms with van der Waals surface area (Å²) >= 11 is 3.13. The van der Waals surface area contributed by atoms with E-state index in [1.54, 1.807) is 11.3 Å². The second-order valence-corrected chi connectivity index (χ2v) is 8.27. The lowest BCUT2D eigenvalue weighted by molar-refractivity contribution is -0.118. The molecule has 1 N–H and O–H groups in total. The molecule has 0 unspecified atom stereocenters. The molecule has 0 atom stereocenters. The number of rotatable bonds is 7. The molecule has 134 valence electrons. The Hall–Kier alpha value is -2.12. The third kappa shape index (κ3) is 3.83. The number of thioether (sulfide) groups is 1. The summed E-state index contributed by atoms with van der Waals surface area (Å²) in [6.07, 6.45) is 2.31. The molecule has 0 spiro atoms. The van der Waals surface area contributed by atoms with Crippen LogP contribution >= 0.6 is 23.1 Å². The maximum atomic E-state index is 12.2. The van der Waals surface area contributed by atoms with Gasteiger partial charge in [0, 0.05) is 12.6 Å². The molecule has 2 aromatic heterocycles. The molecule has 1 saturated carbocycles. The molecule has 4 rings (SSSR count). The maximum Gasteiger partial charge on any atom is 0.230 e. The van der Waals surface area contributed by atoms with Crippen molar-refractivity contribution in [1.29, 1.82) is 0 Å². The van der Waals surface area contributed by atoms with Crippen LogP contribution in [0.1, 0.15) is 30.0 Å². The van der Waals surface area contributed by atoms with E-state index in [4.69, 9.17) is 0 Å². The quantitative estimate of drug-likeness (QED) is 0.624. The van der Waals surface area contributed by atoms with E-state index in [0.29, 0.717) is 18.3 Å². The van der Waals surface area contributed by atoms with Crippen LogP contribution in [0.5, 0.6) is 0 Å². The van der Waals surface area contributed by atoms with Crippen molar-refractivity contribution in [1.82, 2.24) is 20.1 Å². The van der Waals surface area contributed by atoms with Crippen LogP contribution in [0.2, 0.25) is 0 Å². The highest BCUT2D eigenvalue weighted by Gasteiger charge is 2.30. The number of nitrogens with one attached hydrogen (secondary N) is 1. The number of amides is 1. The predicted octanol–water partition coefficient (Wildman–Crippen LogP) is 4.06. The van der Waals surface area contributed by atoms with Crippen molar-refractivity contribution in [2.45, 2.75) is 37.5 Å². The van der Waals surface area contributed by atoms with E-state index in [0.717, 1.165) is 34.3 Å². The molecule has 1 fully saturated rings. The molecule has 0 saturated heterocycles. The smallest absolute Gasteiger partial charge is 0.230 e. The first-order chi connectivity index (χ1) is 12.7. The van der Waals surface area contributed by atoms with Gasteiger partial charge < -0.3 is 5.32 Å². The number of aryl methyl sites for hydroxylation is 1. The second kappa shape index (κ2) is 7.63. The molecule has 1 aliphatic carbocycles. The van der Waals surface area contributed by atoms with E-state index in [9.17, 15) is 4.79 Å². The fourth-order valence-corrected chi connectivity index (χ4v) is 4.34. The summed E-state index contributed by atoms with van der Waals surface area (Å²) in [5, 5.41) is 14.6. The van der Waals surface area contributed by atoms with Crippen molar-refractivity contribution in [2.75, 3.05) is 5.75 Å². The van der Waals surface area contributed by atoms with Gasteiger partial charge in [-0.15, -0.1) is 21.5 Å². The van der Waals surface area contributed by atoms with Gasteiger partial charge in [-0.3, -0.25) is 9.36 Å². The number of nitrogens with zero attached hydrogens (tertiary/aromatic N) is 3. The van der Waals surface area contributed by atoms with Crippen molar-refractivity contribution < 1.29 is 4.79 Å². The Labute approximate surface area is 160 Å². The first kappa shape index (κ1) is 17.3.